The van der Waals surface area contributed by atoms with Gasteiger partial charge in [0.15, 0.2) is 0 Å². The van der Waals surface area contributed by atoms with Gasteiger partial charge in [0, 0.05) is 43.1 Å². The topological polar surface area (TPSA) is 84.9 Å². The van der Waals surface area contributed by atoms with Crippen molar-refractivity contribution in [1.29, 1.82) is 0 Å². The average molecular weight is 445 g/mol. The third-order valence-corrected chi connectivity index (χ3v) is 5.83. The Morgan fingerprint density at radius 3 is 2.12 bits per heavy atom. The predicted molar refractivity (Wildman–Crippen MR) is 130 cm³/mol. The van der Waals surface area contributed by atoms with Crippen LogP contribution in [0.15, 0.2) is 78.9 Å². The van der Waals surface area contributed by atoms with Crippen molar-refractivity contribution in [2.75, 3.05) is 36.4 Å². The first-order valence-corrected chi connectivity index (χ1v) is 11.1. The third kappa shape index (κ3) is 5.63. The fraction of sp³-hybridized carbons (Fsp3) is 0.231. The van der Waals surface area contributed by atoms with Crippen LogP contribution in [0.2, 0.25) is 0 Å². The van der Waals surface area contributed by atoms with Gasteiger partial charge in [-0.3, -0.25) is 4.79 Å². The number of phenols is 1. The number of carbonyl (C=O) groups excluding carboxylic acids is 2. The number of piperazine rings is 1. The van der Waals surface area contributed by atoms with E-state index in [4.69, 9.17) is 0 Å². The molecule has 170 valence electrons. The van der Waals surface area contributed by atoms with Crippen LogP contribution >= 0.6 is 0 Å². The van der Waals surface area contributed by atoms with Crippen molar-refractivity contribution in [1.82, 2.24) is 10.2 Å². The van der Waals surface area contributed by atoms with Crippen LogP contribution in [0.4, 0.5) is 16.2 Å². The second-order valence-corrected chi connectivity index (χ2v) is 8.10. The second-order valence-electron chi connectivity index (χ2n) is 8.10. The standard InChI is InChI=1S/C26H28N4O3/c1-19(20-5-3-2-4-6-20)27-26(33)30-17-15-29(16-18-30)23-11-7-21(8-12-23)25(32)28-22-9-13-24(31)14-10-22/h2-14,19,31H,15-18H2,1H3,(H,27,33)(H,28,32)/t19-/m1/s1. The molecule has 1 aliphatic rings. The Morgan fingerprint density at radius 2 is 1.48 bits per heavy atom. The van der Waals surface area contributed by atoms with Gasteiger partial charge in [-0.15, -0.1) is 0 Å². The molecule has 0 aromatic heterocycles. The number of phenolic OH excluding ortho intramolecular Hbond substituents is 1. The summed E-state index contributed by atoms with van der Waals surface area (Å²) in [5.41, 5.74) is 3.28. The fourth-order valence-electron chi connectivity index (χ4n) is 3.84. The molecule has 1 atom stereocenters. The van der Waals surface area contributed by atoms with Crippen molar-refractivity contribution in [2.24, 2.45) is 0 Å². The summed E-state index contributed by atoms with van der Waals surface area (Å²) in [6.07, 6.45) is 0. The fourth-order valence-corrected chi connectivity index (χ4v) is 3.84. The molecule has 0 spiro atoms. The number of carbonyl (C=O) groups is 2. The zero-order valence-corrected chi connectivity index (χ0v) is 18.6. The molecule has 0 saturated carbocycles. The summed E-state index contributed by atoms with van der Waals surface area (Å²) in [6, 6.07) is 23.6. The van der Waals surface area contributed by atoms with Crippen LogP contribution in [-0.4, -0.2) is 48.1 Å². The van der Waals surface area contributed by atoms with E-state index in [1.165, 1.54) is 12.1 Å². The summed E-state index contributed by atoms with van der Waals surface area (Å²) < 4.78 is 0. The minimum absolute atomic E-state index is 0.0444. The number of nitrogens with zero attached hydrogens (tertiary/aromatic N) is 2. The smallest absolute Gasteiger partial charge is 0.317 e. The summed E-state index contributed by atoms with van der Waals surface area (Å²) in [5.74, 6) is -0.0538. The highest BCUT2D eigenvalue weighted by atomic mass is 16.3. The van der Waals surface area contributed by atoms with Crippen LogP contribution in [0.5, 0.6) is 5.75 Å². The van der Waals surface area contributed by atoms with E-state index in [2.05, 4.69) is 15.5 Å². The average Bonchev–Trinajstić information content (AvgIpc) is 2.86. The maximum atomic E-state index is 12.7. The van der Waals surface area contributed by atoms with E-state index < -0.39 is 0 Å². The largest absolute Gasteiger partial charge is 0.508 e. The summed E-state index contributed by atoms with van der Waals surface area (Å²) >= 11 is 0. The lowest BCUT2D eigenvalue weighted by Crippen LogP contribution is -2.52. The van der Waals surface area contributed by atoms with Gasteiger partial charge in [0.25, 0.3) is 5.91 Å². The molecule has 1 fully saturated rings. The molecule has 0 bridgehead atoms. The van der Waals surface area contributed by atoms with Gasteiger partial charge in [0.2, 0.25) is 0 Å². The van der Waals surface area contributed by atoms with Crippen molar-refractivity contribution < 1.29 is 14.7 Å². The summed E-state index contributed by atoms with van der Waals surface area (Å²) in [6.45, 7) is 4.72. The molecule has 0 radical (unpaired) electrons. The van der Waals surface area contributed by atoms with Crippen LogP contribution < -0.4 is 15.5 Å². The molecule has 7 nitrogen and oxygen atoms in total. The van der Waals surface area contributed by atoms with E-state index in [0.717, 1.165) is 24.3 Å². The van der Waals surface area contributed by atoms with Crippen molar-refractivity contribution in [3.05, 3.63) is 90.0 Å². The normalized spacial score (nSPS) is 14.5. The molecule has 3 N–H and O–H groups in total. The molecule has 3 aromatic carbocycles. The zero-order valence-electron chi connectivity index (χ0n) is 18.6. The van der Waals surface area contributed by atoms with E-state index in [1.807, 2.05) is 54.3 Å². The summed E-state index contributed by atoms with van der Waals surface area (Å²) in [7, 11) is 0. The summed E-state index contributed by atoms with van der Waals surface area (Å²) in [4.78, 5) is 29.2. The molecule has 7 heteroatoms. The molecular weight excluding hydrogens is 416 g/mol. The van der Waals surface area contributed by atoms with E-state index in [0.29, 0.717) is 24.3 Å². The maximum absolute atomic E-state index is 12.7. The number of amides is 3. The summed E-state index contributed by atoms with van der Waals surface area (Å²) in [5, 5.41) is 15.2. The van der Waals surface area contributed by atoms with Gasteiger partial charge in [-0.1, -0.05) is 30.3 Å². The highest BCUT2D eigenvalue weighted by Crippen LogP contribution is 2.20. The number of nitrogens with one attached hydrogen (secondary N) is 2. The van der Waals surface area contributed by atoms with E-state index in [-0.39, 0.29) is 23.7 Å². The lowest BCUT2D eigenvalue weighted by Gasteiger charge is -2.36. The number of anilines is 2. The number of aromatic hydroxyl groups is 1. The van der Waals surface area contributed by atoms with Crippen molar-refractivity contribution >= 4 is 23.3 Å². The Hall–Kier alpha value is -4.00. The number of hydrogen-bond donors (Lipinski definition) is 3. The minimum Gasteiger partial charge on any atom is -0.508 e. The number of urea groups is 1. The second kappa shape index (κ2) is 10.1. The molecule has 0 unspecified atom stereocenters. The molecular formula is C26H28N4O3. The van der Waals surface area contributed by atoms with Crippen molar-refractivity contribution in [3.8, 4) is 5.75 Å². The van der Waals surface area contributed by atoms with Crippen LogP contribution in [-0.2, 0) is 0 Å². The Morgan fingerprint density at radius 1 is 0.848 bits per heavy atom. The first-order chi connectivity index (χ1) is 16.0. The monoisotopic (exact) mass is 444 g/mol. The van der Waals surface area contributed by atoms with Gasteiger partial charge in [-0.25, -0.2) is 4.79 Å². The first kappa shape index (κ1) is 22.2. The highest BCUT2D eigenvalue weighted by molar-refractivity contribution is 6.04. The number of rotatable bonds is 5. The van der Waals surface area contributed by atoms with E-state index in [1.54, 1.807) is 24.3 Å². The van der Waals surface area contributed by atoms with Crippen LogP contribution in [0, 0.1) is 0 Å². The number of benzene rings is 3. The van der Waals surface area contributed by atoms with Crippen molar-refractivity contribution in [3.63, 3.8) is 0 Å². The molecule has 0 aliphatic carbocycles. The van der Waals surface area contributed by atoms with Crippen LogP contribution in [0.25, 0.3) is 0 Å². The molecule has 3 aromatic rings. The lowest BCUT2D eigenvalue weighted by atomic mass is 10.1. The Balaban J connectivity index is 1.28. The van der Waals surface area contributed by atoms with Gasteiger partial charge in [-0.05, 0) is 61.0 Å². The van der Waals surface area contributed by atoms with Gasteiger partial charge in [0.1, 0.15) is 5.75 Å². The molecule has 1 saturated heterocycles. The quantitative estimate of drug-likeness (QED) is 0.514. The van der Waals surface area contributed by atoms with Crippen LogP contribution in [0.1, 0.15) is 28.9 Å². The molecule has 4 rings (SSSR count). The Labute approximate surface area is 193 Å². The first-order valence-electron chi connectivity index (χ1n) is 11.1. The van der Waals surface area contributed by atoms with Gasteiger partial charge in [-0.2, -0.15) is 0 Å². The maximum Gasteiger partial charge on any atom is 0.317 e. The minimum atomic E-state index is -0.207. The highest BCUT2D eigenvalue weighted by Gasteiger charge is 2.22. The van der Waals surface area contributed by atoms with Crippen LogP contribution in [0.3, 0.4) is 0 Å². The SMILES string of the molecule is C[C@@H](NC(=O)N1CCN(c2ccc(C(=O)Nc3ccc(O)cc3)cc2)CC1)c1ccccc1. The zero-order chi connectivity index (χ0) is 23.2. The molecule has 1 heterocycles. The molecule has 3 amide bonds. The third-order valence-electron chi connectivity index (χ3n) is 5.83. The van der Waals surface area contributed by atoms with E-state index >= 15 is 0 Å². The Bertz CT molecular complexity index is 1080. The number of hydrogen-bond acceptors (Lipinski definition) is 4. The van der Waals surface area contributed by atoms with Gasteiger partial charge in [0.05, 0.1) is 6.04 Å². The molecule has 1 aliphatic heterocycles. The van der Waals surface area contributed by atoms with Gasteiger partial charge >= 0.3 is 6.03 Å². The predicted octanol–water partition coefficient (Wildman–Crippen LogP) is 4.24. The van der Waals surface area contributed by atoms with Gasteiger partial charge < -0.3 is 25.5 Å². The molecule has 33 heavy (non-hydrogen) atoms. The Kier molecular flexibility index (Phi) is 6.78. The van der Waals surface area contributed by atoms with E-state index in [9.17, 15) is 14.7 Å². The van der Waals surface area contributed by atoms with Crippen molar-refractivity contribution in [2.45, 2.75) is 13.0 Å². The lowest BCUT2D eigenvalue weighted by molar-refractivity contribution is 0.102.